The van der Waals surface area contributed by atoms with Gasteiger partial charge in [0.25, 0.3) is 11.5 Å². The first-order valence-corrected chi connectivity index (χ1v) is 8.53. The van der Waals surface area contributed by atoms with Crippen LogP contribution in [0.1, 0.15) is 31.8 Å². The van der Waals surface area contributed by atoms with Crippen LogP contribution in [0.2, 0.25) is 0 Å². The number of carboxylic acid groups (broad SMARTS) is 1. The molecule has 2 aromatic carbocycles. The number of nitrogens with two attached hydrogens (primary N) is 1. The number of rotatable bonds is 6. The lowest BCUT2D eigenvalue weighted by atomic mass is 10.0. The van der Waals surface area contributed by atoms with E-state index in [0.717, 1.165) is 11.1 Å². The van der Waals surface area contributed by atoms with Gasteiger partial charge in [-0.1, -0.05) is 18.2 Å². The number of carboxylic acids is 1. The highest BCUT2D eigenvalue weighted by molar-refractivity contribution is 6.03. The number of aromatic hydroxyl groups is 1. The van der Waals surface area contributed by atoms with Gasteiger partial charge < -0.3 is 26.2 Å². The molecule has 3 aromatic rings. The highest BCUT2D eigenvalue weighted by Crippen LogP contribution is 2.26. The maximum Gasteiger partial charge on any atom is 0.322 e. The summed E-state index contributed by atoms with van der Waals surface area (Å²) >= 11 is 0. The van der Waals surface area contributed by atoms with Crippen molar-refractivity contribution in [2.75, 3.05) is 6.54 Å². The van der Waals surface area contributed by atoms with E-state index in [1.54, 1.807) is 36.4 Å². The van der Waals surface area contributed by atoms with Crippen molar-refractivity contribution in [2.24, 2.45) is 5.73 Å². The molecular weight excluding hydrogens is 378 g/mol. The molecule has 0 aliphatic rings. The number of aromatic nitrogens is 1. The molecule has 0 bridgehead atoms. The first-order chi connectivity index (χ1) is 13.8. The van der Waals surface area contributed by atoms with Crippen molar-refractivity contribution in [1.82, 2.24) is 10.3 Å². The highest BCUT2D eigenvalue weighted by atomic mass is 16.4. The van der Waals surface area contributed by atoms with Crippen LogP contribution in [0.25, 0.3) is 10.9 Å². The number of H-pyrrole nitrogens is 1. The number of hydrogen-bond acceptors (Lipinski definition) is 5. The summed E-state index contributed by atoms with van der Waals surface area (Å²) in [5, 5.41) is 21.3. The fourth-order valence-electron chi connectivity index (χ4n) is 2.96. The Bertz CT molecular complexity index is 1200. The Morgan fingerprint density at radius 2 is 1.79 bits per heavy atom. The molecule has 0 spiro atoms. The van der Waals surface area contributed by atoms with Crippen LogP contribution in [-0.2, 0) is 11.2 Å². The summed E-state index contributed by atoms with van der Waals surface area (Å²) in [4.78, 5) is 48.7. The minimum absolute atomic E-state index is 0.236. The van der Waals surface area contributed by atoms with Crippen LogP contribution < -0.4 is 16.6 Å². The SMILES string of the molecule is NC(=O)c1cccc(Cc2ccc3c(O)c(C(=O)NCC(=O)O)c(=O)[nH]c3c2)c1. The molecule has 3 rings (SSSR count). The molecule has 148 valence electrons. The number of carbonyl (C=O) groups excluding carboxylic acids is 2. The number of benzene rings is 2. The lowest BCUT2D eigenvalue weighted by Crippen LogP contribution is -2.33. The van der Waals surface area contributed by atoms with Gasteiger partial charge in [0, 0.05) is 10.9 Å². The molecule has 0 radical (unpaired) electrons. The smallest absolute Gasteiger partial charge is 0.322 e. The first kappa shape index (κ1) is 19.6. The van der Waals surface area contributed by atoms with Crippen LogP contribution in [0.3, 0.4) is 0 Å². The Labute approximate surface area is 163 Å². The molecule has 0 aliphatic carbocycles. The second kappa shape index (κ2) is 7.85. The fraction of sp³-hybridized carbons (Fsp3) is 0.100. The third-order valence-electron chi connectivity index (χ3n) is 4.30. The van der Waals surface area contributed by atoms with Crippen molar-refractivity contribution in [1.29, 1.82) is 0 Å². The summed E-state index contributed by atoms with van der Waals surface area (Å²) in [6.07, 6.45) is 0.445. The van der Waals surface area contributed by atoms with E-state index in [4.69, 9.17) is 10.8 Å². The average Bonchev–Trinajstić information content (AvgIpc) is 2.66. The Hall–Kier alpha value is -4.14. The summed E-state index contributed by atoms with van der Waals surface area (Å²) in [7, 11) is 0. The van der Waals surface area contributed by atoms with Gasteiger partial charge in [0.15, 0.2) is 0 Å². The number of amides is 2. The third kappa shape index (κ3) is 4.24. The standard InChI is InChI=1S/C20H17N3O6/c21-18(27)12-3-1-2-10(7-12)6-11-4-5-13-14(8-11)23-20(29)16(17(13)26)19(28)22-9-15(24)25/h1-5,7-8H,6,9H2,(H2,21,27)(H,22,28)(H,24,25)(H2,23,26,29). The van der Waals surface area contributed by atoms with Crippen LogP contribution >= 0.6 is 0 Å². The second-order valence-electron chi connectivity index (χ2n) is 6.38. The minimum Gasteiger partial charge on any atom is -0.506 e. The zero-order valence-corrected chi connectivity index (χ0v) is 15.1. The van der Waals surface area contributed by atoms with Gasteiger partial charge in [0.05, 0.1) is 5.52 Å². The van der Waals surface area contributed by atoms with Crippen molar-refractivity contribution >= 4 is 28.7 Å². The van der Waals surface area contributed by atoms with Gasteiger partial charge in [-0.2, -0.15) is 0 Å². The van der Waals surface area contributed by atoms with Crippen molar-refractivity contribution in [3.8, 4) is 5.75 Å². The van der Waals surface area contributed by atoms with Gasteiger partial charge in [0.2, 0.25) is 5.91 Å². The van der Waals surface area contributed by atoms with Crippen molar-refractivity contribution in [2.45, 2.75) is 6.42 Å². The first-order valence-electron chi connectivity index (χ1n) is 8.53. The molecular formula is C20H17N3O6. The average molecular weight is 395 g/mol. The molecule has 0 saturated heterocycles. The number of pyridine rings is 1. The van der Waals surface area contributed by atoms with E-state index in [0.29, 0.717) is 17.5 Å². The maximum absolute atomic E-state index is 12.3. The third-order valence-corrected chi connectivity index (χ3v) is 4.30. The van der Waals surface area contributed by atoms with Crippen LogP contribution in [0, 0.1) is 0 Å². The van der Waals surface area contributed by atoms with Gasteiger partial charge in [0.1, 0.15) is 17.9 Å². The number of fused-ring (bicyclic) bond motifs is 1. The van der Waals surface area contributed by atoms with E-state index >= 15 is 0 Å². The monoisotopic (exact) mass is 395 g/mol. The van der Waals surface area contributed by atoms with Crippen LogP contribution in [0.15, 0.2) is 47.3 Å². The van der Waals surface area contributed by atoms with Crippen molar-refractivity contribution < 1.29 is 24.6 Å². The maximum atomic E-state index is 12.3. The van der Waals surface area contributed by atoms with E-state index < -0.39 is 41.2 Å². The highest BCUT2D eigenvalue weighted by Gasteiger charge is 2.19. The summed E-state index contributed by atoms with van der Waals surface area (Å²) in [6, 6.07) is 11.7. The number of carbonyl (C=O) groups is 3. The predicted octanol–water partition coefficient (Wildman–Crippen LogP) is 0.738. The number of nitrogens with one attached hydrogen (secondary N) is 2. The molecule has 29 heavy (non-hydrogen) atoms. The van der Waals surface area contributed by atoms with Gasteiger partial charge in [-0.3, -0.25) is 19.2 Å². The molecule has 1 heterocycles. The van der Waals surface area contributed by atoms with Crippen LogP contribution in [0.5, 0.6) is 5.75 Å². The Morgan fingerprint density at radius 3 is 2.48 bits per heavy atom. The Balaban J connectivity index is 1.95. The molecule has 9 nitrogen and oxygen atoms in total. The van der Waals surface area contributed by atoms with E-state index in [9.17, 15) is 24.3 Å². The predicted molar refractivity (Wildman–Crippen MR) is 104 cm³/mol. The minimum atomic E-state index is -1.28. The van der Waals surface area contributed by atoms with E-state index in [1.165, 1.54) is 0 Å². The van der Waals surface area contributed by atoms with Crippen molar-refractivity contribution in [3.63, 3.8) is 0 Å². The molecule has 2 amide bonds. The quantitative estimate of drug-likeness (QED) is 0.413. The zero-order valence-electron chi connectivity index (χ0n) is 15.1. The largest absolute Gasteiger partial charge is 0.506 e. The Morgan fingerprint density at radius 1 is 1.07 bits per heavy atom. The van der Waals surface area contributed by atoms with Gasteiger partial charge >= 0.3 is 5.97 Å². The van der Waals surface area contributed by atoms with Gasteiger partial charge in [-0.05, 0) is 41.8 Å². The number of hydrogen-bond donors (Lipinski definition) is 5. The van der Waals surface area contributed by atoms with Gasteiger partial charge in [-0.15, -0.1) is 0 Å². The molecule has 6 N–H and O–H groups in total. The Kier molecular flexibility index (Phi) is 5.31. The summed E-state index contributed by atoms with van der Waals surface area (Å²) in [5.41, 5.74) is 6.20. The van der Waals surface area contributed by atoms with E-state index in [2.05, 4.69) is 4.98 Å². The summed E-state index contributed by atoms with van der Waals surface area (Å²) in [5.74, 6) is -3.33. The molecule has 0 atom stereocenters. The topological polar surface area (TPSA) is 163 Å². The fourth-order valence-corrected chi connectivity index (χ4v) is 2.96. The number of aliphatic carboxylic acids is 1. The van der Waals surface area contributed by atoms with Gasteiger partial charge in [-0.25, -0.2) is 0 Å². The van der Waals surface area contributed by atoms with Crippen LogP contribution in [0.4, 0.5) is 0 Å². The lowest BCUT2D eigenvalue weighted by Gasteiger charge is -2.09. The molecule has 0 aliphatic heterocycles. The lowest BCUT2D eigenvalue weighted by molar-refractivity contribution is -0.135. The van der Waals surface area contributed by atoms with Crippen LogP contribution in [-0.4, -0.2) is 39.5 Å². The second-order valence-corrected chi connectivity index (χ2v) is 6.38. The molecule has 0 fully saturated rings. The number of primary amides is 1. The zero-order chi connectivity index (χ0) is 21.1. The van der Waals surface area contributed by atoms with E-state index in [-0.39, 0.29) is 5.39 Å². The molecule has 9 heteroatoms. The normalized spacial score (nSPS) is 10.6. The van der Waals surface area contributed by atoms with E-state index in [1.807, 2.05) is 11.4 Å². The van der Waals surface area contributed by atoms with Crippen molar-refractivity contribution in [3.05, 3.63) is 75.1 Å². The summed E-state index contributed by atoms with van der Waals surface area (Å²) in [6.45, 7) is -0.681. The molecule has 0 unspecified atom stereocenters. The summed E-state index contributed by atoms with van der Waals surface area (Å²) < 4.78 is 0. The molecule has 1 aromatic heterocycles. The molecule has 0 saturated carbocycles. The number of aromatic amines is 1.